The van der Waals surface area contributed by atoms with Crippen molar-refractivity contribution in [2.24, 2.45) is 10.8 Å². The van der Waals surface area contributed by atoms with Crippen molar-refractivity contribution in [3.8, 4) is 0 Å². The van der Waals surface area contributed by atoms with Gasteiger partial charge in [-0.1, -0.05) is 31.9 Å². The lowest BCUT2D eigenvalue weighted by atomic mass is 9.98. The summed E-state index contributed by atoms with van der Waals surface area (Å²) in [5.41, 5.74) is -0.957. The molecule has 0 fully saturated rings. The topological polar surface area (TPSA) is 35.5 Å². The third-order valence-corrected chi connectivity index (χ3v) is 7.89. The SMILES string of the molecule is O=S(OCC(CCl)(CCl)CBr)OCC(CCl)(CCl)CBr. The summed E-state index contributed by atoms with van der Waals surface area (Å²) in [6.07, 6.45) is 0. The van der Waals surface area contributed by atoms with Crippen LogP contribution in [0.5, 0.6) is 0 Å². The van der Waals surface area contributed by atoms with Crippen molar-refractivity contribution in [2.45, 2.75) is 0 Å². The van der Waals surface area contributed by atoms with Crippen molar-refractivity contribution in [3.63, 3.8) is 0 Å². The Morgan fingerprint density at radius 2 is 1.10 bits per heavy atom. The Kier molecular flexibility index (Phi) is 13.0. The van der Waals surface area contributed by atoms with Crippen LogP contribution in [-0.4, -0.2) is 51.6 Å². The molecule has 0 N–H and O–H groups in total. The molecule has 0 aliphatic rings. The van der Waals surface area contributed by atoms with Crippen LogP contribution < -0.4 is 0 Å². The fourth-order valence-electron chi connectivity index (χ4n) is 0.826. The summed E-state index contributed by atoms with van der Waals surface area (Å²) in [5, 5.41) is 1.08. The summed E-state index contributed by atoms with van der Waals surface area (Å²) in [7, 11) is 0. The molecule has 0 aromatic carbocycles. The molecule has 3 nitrogen and oxygen atoms in total. The molecule has 0 radical (unpaired) electrons. The van der Waals surface area contributed by atoms with Crippen LogP contribution in [0.4, 0.5) is 0 Å². The molecule has 0 amide bonds. The highest BCUT2D eigenvalue weighted by Crippen LogP contribution is 2.27. The second kappa shape index (κ2) is 11.7. The minimum absolute atomic E-state index is 0.126. The van der Waals surface area contributed by atoms with Crippen molar-refractivity contribution < 1.29 is 12.6 Å². The van der Waals surface area contributed by atoms with Gasteiger partial charge in [0.1, 0.15) is 0 Å². The van der Waals surface area contributed by atoms with E-state index in [9.17, 15) is 4.21 Å². The van der Waals surface area contributed by atoms with Gasteiger partial charge in [0.05, 0.1) is 13.2 Å². The average Bonchev–Trinajstić information content (AvgIpc) is 2.51. The Morgan fingerprint density at radius 1 is 0.800 bits per heavy atom. The van der Waals surface area contributed by atoms with Gasteiger partial charge in [0.15, 0.2) is 0 Å². The van der Waals surface area contributed by atoms with Crippen LogP contribution in [0.2, 0.25) is 0 Å². The van der Waals surface area contributed by atoms with Crippen molar-refractivity contribution in [3.05, 3.63) is 0 Å². The summed E-state index contributed by atoms with van der Waals surface area (Å²) in [5.74, 6) is 1.14. The minimum atomic E-state index is -1.90. The quantitative estimate of drug-likeness (QED) is 0.362. The van der Waals surface area contributed by atoms with E-state index in [2.05, 4.69) is 31.9 Å². The van der Waals surface area contributed by atoms with Crippen LogP contribution in [-0.2, 0) is 19.7 Å². The molecule has 0 aromatic heterocycles. The van der Waals surface area contributed by atoms with Crippen LogP contribution >= 0.6 is 78.3 Å². The Morgan fingerprint density at radius 3 is 1.30 bits per heavy atom. The van der Waals surface area contributed by atoms with Crippen molar-refractivity contribution in [2.75, 3.05) is 47.4 Å². The minimum Gasteiger partial charge on any atom is -0.268 e. The summed E-state index contributed by atoms with van der Waals surface area (Å²) in [6, 6.07) is 0. The number of alkyl halides is 6. The summed E-state index contributed by atoms with van der Waals surface area (Å²) in [4.78, 5) is 0. The number of halogens is 6. The number of hydrogen-bond donors (Lipinski definition) is 0. The zero-order chi connectivity index (χ0) is 15.6. The molecule has 0 heterocycles. The zero-order valence-corrected chi connectivity index (χ0v) is 17.6. The highest BCUT2D eigenvalue weighted by Gasteiger charge is 2.31. The molecule has 0 spiro atoms. The molecule has 0 aliphatic carbocycles. The van der Waals surface area contributed by atoms with Gasteiger partial charge >= 0.3 is 11.4 Å². The van der Waals surface area contributed by atoms with Gasteiger partial charge in [-0.15, -0.1) is 46.4 Å². The lowest BCUT2D eigenvalue weighted by Gasteiger charge is -2.27. The van der Waals surface area contributed by atoms with Crippen molar-refractivity contribution in [1.82, 2.24) is 0 Å². The van der Waals surface area contributed by atoms with Crippen molar-refractivity contribution in [1.29, 1.82) is 0 Å². The van der Waals surface area contributed by atoms with Gasteiger partial charge < -0.3 is 0 Å². The van der Waals surface area contributed by atoms with E-state index in [0.29, 0.717) is 10.7 Å². The zero-order valence-electron chi connectivity index (χ0n) is 10.6. The van der Waals surface area contributed by atoms with E-state index in [-0.39, 0.29) is 36.7 Å². The lowest BCUT2D eigenvalue weighted by molar-refractivity contribution is 0.161. The van der Waals surface area contributed by atoms with Gasteiger partial charge in [0, 0.05) is 45.0 Å². The molecular weight excluding hydrogens is 502 g/mol. The van der Waals surface area contributed by atoms with Gasteiger partial charge in [-0.05, 0) is 0 Å². The maximum absolute atomic E-state index is 11.7. The Labute approximate surface area is 159 Å². The first-order valence-corrected chi connectivity index (χ1v) is 10.9. The van der Waals surface area contributed by atoms with Gasteiger partial charge in [0.25, 0.3) is 0 Å². The molecule has 0 saturated heterocycles. The third-order valence-electron chi connectivity index (χ3n) is 2.62. The maximum atomic E-state index is 11.7. The van der Waals surface area contributed by atoms with Crippen LogP contribution in [0.15, 0.2) is 0 Å². The van der Waals surface area contributed by atoms with Crippen LogP contribution in [0, 0.1) is 10.8 Å². The lowest BCUT2D eigenvalue weighted by Crippen LogP contribution is -2.35. The second-order valence-corrected chi connectivity index (χ2v) is 7.60. The molecule has 0 aliphatic heterocycles. The smallest absolute Gasteiger partial charge is 0.268 e. The van der Waals surface area contributed by atoms with E-state index in [0.717, 1.165) is 0 Å². The summed E-state index contributed by atoms with van der Waals surface area (Å²) < 4.78 is 22.0. The first-order chi connectivity index (χ1) is 9.46. The first-order valence-electron chi connectivity index (χ1n) is 5.51. The first kappa shape index (κ1) is 22.2. The van der Waals surface area contributed by atoms with E-state index < -0.39 is 22.2 Å². The Balaban J connectivity index is 4.30. The van der Waals surface area contributed by atoms with Gasteiger partial charge in [0.2, 0.25) is 0 Å². The van der Waals surface area contributed by atoms with Crippen LogP contribution in [0.25, 0.3) is 0 Å². The molecule has 0 saturated carbocycles. The monoisotopic (exact) mass is 514 g/mol. The van der Waals surface area contributed by atoms with E-state index >= 15 is 0 Å². The number of hydrogen-bond acceptors (Lipinski definition) is 3. The van der Waals surface area contributed by atoms with Gasteiger partial charge in [-0.25, -0.2) is 0 Å². The van der Waals surface area contributed by atoms with Crippen molar-refractivity contribution >= 4 is 89.6 Å². The predicted octanol–water partition coefficient (Wildman–Crippen LogP) is 4.32. The Bertz CT molecular complexity index is 249. The largest absolute Gasteiger partial charge is 0.304 e. The van der Waals surface area contributed by atoms with E-state index in [4.69, 9.17) is 54.8 Å². The molecule has 0 aromatic rings. The van der Waals surface area contributed by atoms with Gasteiger partial charge in [-0.2, -0.15) is 4.21 Å². The second-order valence-electron chi connectivity index (χ2n) is 4.53. The van der Waals surface area contributed by atoms with E-state index in [1.807, 2.05) is 0 Å². The molecule has 20 heavy (non-hydrogen) atoms. The standard InChI is InChI=1S/C10H16Br2Cl4O3S/c11-1-9(3-13,4-14)7-18-20(17)19-8-10(2-12,5-15)6-16/h1-8H2. The van der Waals surface area contributed by atoms with Crippen LogP contribution in [0.1, 0.15) is 0 Å². The van der Waals surface area contributed by atoms with Crippen LogP contribution in [0.3, 0.4) is 0 Å². The maximum Gasteiger partial charge on any atom is 0.304 e. The number of rotatable bonds is 12. The molecule has 0 rings (SSSR count). The highest BCUT2D eigenvalue weighted by atomic mass is 79.9. The van der Waals surface area contributed by atoms with E-state index in [1.165, 1.54) is 0 Å². The molecular formula is C10H16Br2Cl4O3S. The fraction of sp³-hybridized carbons (Fsp3) is 1.00. The molecule has 10 heteroatoms. The summed E-state index contributed by atoms with van der Waals surface area (Å²) >= 11 is 28.1. The molecule has 0 bridgehead atoms. The molecule has 0 unspecified atom stereocenters. The highest BCUT2D eigenvalue weighted by molar-refractivity contribution is 9.09. The van der Waals surface area contributed by atoms with Gasteiger partial charge in [-0.3, -0.25) is 8.37 Å². The third kappa shape index (κ3) is 7.18. The average molecular weight is 518 g/mol. The van der Waals surface area contributed by atoms with E-state index in [1.54, 1.807) is 0 Å². The normalized spacial score (nSPS) is 13.2. The molecule has 122 valence electrons. The fourth-order valence-corrected chi connectivity index (χ4v) is 4.87. The predicted molar refractivity (Wildman–Crippen MR) is 95.4 cm³/mol. The summed E-state index contributed by atoms with van der Waals surface area (Å²) in [6.45, 7) is 0.252. The molecule has 0 atom stereocenters. The Hall–Kier alpha value is 2.19.